The Hall–Kier alpha value is -1.39. The molecule has 1 aliphatic carbocycles. The van der Waals surface area contributed by atoms with Crippen molar-refractivity contribution in [1.82, 2.24) is 4.90 Å². The molecular weight excluding hydrogens is 264 g/mol. The number of hydrogen-bond donors (Lipinski definition) is 2. The minimum Gasteiger partial charge on any atom is -0.387 e. The first-order valence-corrected chi connectivity index (χ1v) is 8.03. The summed E-state index contributed by atoms with van der Waals surface area (Å²) in [5, 5.41) is 13.2. The van der Waals surface area contributed by atoms with Gasteiger partial charge in [-0.05, 0) is 56.5 Å². The molecule has 4 nitrogen and oxygen atoms in total. The first kappa shape index (κ1) is 14.5. The van der Waals surface area contributed by atoms with Crippen LogP contribution in [0, 0.1) is 5.92 Å². The highest BCUT2D eigenvalue weighted by molar-refractivity contribution is 5.93. The first-order chi connectivity index (χ1) is 10.2. The quantitative estimate of drug-likeness (QED) is 0.875. The number of aliphatic hydroxyl groups is 1. The van der Waals surface area contributed by atoms with E-state index >= 15 is 0 Å². The summed E-state index contributed by atoms with van der Waals surface area (Å²) >= 11 is 0. The molecule has 114 valence electrons. The lowest BCUT2D eigenvalue weighted by Gasteiger charge is -2.28. The summed E-state index contributed by atoms with van der Waals surface area (Å²) in [6, 6.07) is 7.60. The third-order valence-corrected chi connectivity index (χ3v) is 4.39. The van der Waals surface area contributed by atoms with Crippen molar-refractivity contribution in [1.29, 1.82) is 0 Å². The van der Waals surface area contributed by atoms with Gasteiger partial charge in [0.25, 0.3) is 0 Å². The summed E-state index contributed by atoms with van der Waals surface area (Å²) < 4.78 is 0. The second kappa shape index (κ2) is 6.58. The number of piperidine rings is 1. The second-order valence-electron chi connectivity index (χ2n) is 6.26. The first-order valence-electron chi connectivity index (χ1n) is 8.03. The Labute approximate surface area is 126 Å². The topological polar surface area (TPSA) is 52.6 Å². The van der Waals surface area contributed by atoms with Gasteiger partial charge in [-0.1, -0.05) is 18.6 Å². The van der Waals surface area contributed by atoms with Gasteiger partial charge in [-0.25, -0.2) is 0 Å². The van der Waals surface area contributed by atoms with E-state index in [9.17, 15) is 9.90 Å². The van der Waals surface area contributed by atoms with E-state index in [2.05, 4.69) is 10.2 Å². The van der Waals surface area contributed by atoms with Gasteiger partial charge in [0, 0.05) is 18.2 Å². The number of nitrogens with one attached hydrogen (secondary N) is 1. The van der Waals surface area contributed by atoms with Gasteiger partial charge in [-0.2, -0.15) is 0 Å². The van der Waals surface area contributed by atoms with E-state index in [1.54, 1.807) is 0 Å². The monoisotopic (exact) mass is 288 g/mol. The number of amides is 1. The summed E-state index contributed by atoms with van der Waals surface area (Å²) in [6.07, 6.45) is 5.35. The summed E-state index contributed by atoms with van der Waals surface area (Å²) in [5.41, 5.74) is 1.74. The molecule has 0 spiro atoms. The summed E-state index contributed by atoms with van der Waals surface area (Å²) in [6.45, 7) is 2.88. The summed E-state index contributed by atoms with van der Waals surface area (Å²) in [4.78, 5) is 14.0. The molecule has 1 atom stereocenters. The normalized spacial score (nSPS) is 21.0. The van der Waals surface area contributed by atoms with Crippen molar-refractivity contribution in [2.45, 2.75) is 38.2 Å². The van der Waals surface area contributed by atoms with Gasteiger partial charge in [0.2, 0.25) is 5.91 Å². The molecule has 1 amide bonds. The zero-order valence-corrected chi connectivity index (χ0v) is 12.4. The standard InChI is InChI=1S/C17H24N2O2/c20-16(12-19-10-2-1-3-11-19)13-6-8-15(9-7-13)18-17(21)14-4-5-14/h6-9,14,16,20H,1-5,10-12H2,(H,18,21). The van der Waals surface area contributed by atoms with Gasteiger partial charge in [0.05, 0.1) is 6.10 Å². The highest BCUT2D eigenvalue weighted by Gasteiger charge is 2.29. The summed E-state index contributed by atoms with van der Waals surface area (Å²) in [7, 11) is 0. The van der Waals surface area contributed by atoms with Crippen LogP contribution in [0.1, 0.15) is 43.8 Å². The van der Waals surface area contributed by atoms with Crippen LogP contribution >= 0.6 is 0 Å². The molecule has 1 saturated carbocycles. The van der Waals surface area contributed by atoms with E-state index in [-0.39, 0.29) is 11.8 Å². The zero-order chi connectivity index (χ0) is 14.7. The van der Waals surface area contributed by atoms with Gasteiger partial charge in [-0.3, -0.25) is 4.79 Å². The van der Waals surface area contributed by atoms with Crippen LogP contribution in [0.25, 0.3) is 0 Å². The fraction of sp³-hybridized carbons (Fsp3) is 0.588. The number of nitrogens with zero attached hydrogens (tertiary/aromatic N) is 1. The van der Waals surface area contributed by atoms with Crippen LogP contribution < -0.4 is 5.32 Å². The highest BCUT2D eigenvalue weighted by Crippen LogP contribution is 2.30. The van der Waals surface area contributed by atoms with Crippen molar-refractivity contribution in [3.05, 3.63) is 29.8 Å². The molecule has 3 rings (SSSR count). The molecule has 2 N–H and O–H groups in total. The molecule has 1 heterocycles. The van der Waals surface area contributed by atoms with Gasteiger partial charge >= 0.3 is 0 Å². The van der Waals surface area contributed by atoms with Crippen LogP contribution in [-0.2, 0) is 4.79 Å². The number of aliphatic hydroxyl groups excluding tert-OH is 1. The smallest absolute Gasteiger partial charge is 0.227 e. The number of anilines is 1. The van der Waals surface area contributed by atoms with E-state index in [1.165, 1.54) is 19.3 Å². The van der Waals surface area contributed by atoms with Crippen LogP contribution in [0.2, 0.25) is 0 Å². The van der Waals surface area contributed by atoms with Crippen LogP contribution in [0.4, 0.5) is 5.69 Å². The van der Waals surface area contributed by atoms with E-state index < -0.39 is 6.10 Å². The Kier molecular flexibility index (Phi) is 4.56. The molecule has 1 aromatic carbocycles. The molecule has 1 aromatic rings. The highest BCUT2D eigenvalue weighted by atomic mass is 16.3. The molecule has 2 aliphatic rings. The minimum atomic E-state index is -0.448. The average molecular weight is 288 g/mol. The van der Waals surface area contributed by atoms with Crippen LogP contribution in [0.3, 0.4) is 0 Å². The maximum Gasteiger partial charge on any atom is 0.227 e. The molecule has 0 radical (unpaired) electrons. The van der Waals surface area contributed by atoms with E-state index in [0.29, 0.717) is 6.54 Å². The van der Waals surface area contributed by atoms with E-state index in [4.69, 9.17) is 0 Å². The van der Waals surface area contributed by atoms with Crippen LogP contribution in [0.5, 0.6) is 0 Å². The van der Waals surface area contributed by atoms with Gasteiger partial charge in [-0.15, -0.1) is 0 Å². The van der Waals surface area contributed by atoms with Crippen molar-refractivity contribution in [3.8, 4) is 0 Å². The second-order valence-corrected chi connectivity index (χ2v) is 6.26. The number of rotatable bonds is 5. The Morgan fingerprint density at radius 1 is 1.19 bits per heavy atom. The largest absolute Gasteiger partial charge is 0.387 e. The van der Waals surface area contributed by atoms with Crippen molar-refractivity contribution >= 4 is 11.6 Å². The number of likely N-dealkylation sites (tertiary alicyclic amines) is 1. The number of carbonyl (C=O) groups excluding carboxylic acids is 1. The Morgan fingerprint density at radius 3 is 2.48 bits per heavy atom. The number of β-amino-alcohol motifs (C(OH)–C–C–N with tert-alkyl or cyclic N) is 1. The predicted molar refractivity (Wildman–Crippen MR) is 83.0 cm³/mol. The van der Waals surface area contributed by atoms with E-state index in [1.807, 2.05) is 24.3 Å². The van der Waals surface area contributed by atoms with Crippen molar-refractivity contribution in [3.63, 3.8) is 0 Å². The third kappa shape index (κ3) is 4.05. The van der Waals surface area contributed by atoms with Crippen molar-refractivity contribution < 1.29 is 9.90 Å². The third-order valence-electron chi connectivity index (χ3n) is 4.39. The molecule has 0 bridgehead atoms. The number of carbonyl (C=O) groups is 1. The van der Waals surface area contributed by atoms with Gasteiger partial charge < -0.3 is 15.3 Å². The fourth-order valence-corrected chi connectivity index (χ4v) is 2.87. The van der Waals surface area contributed by atoms with Crippen molar-refractivity contribution in [2.24, 2.45) is 5.92 Å². The lowest BCUT2D eigenvalue weighted by molar-refractivity contribution is -0.117. The fourth-order valence-electron chi connectivity index (χ4n) is 2.87. The van der Waals surface area contributed by atoms with Crippen LogP contribution in [0.15, 0.2) is 24.3 Å². The molecule has 0 aromatic heterocycles. The SMILES string of the molecule is O=C(Nc1ccc(C(O)CN2CCCCC2)cc1)C1CC1. The van der Waals surface area contributed by atoms with Crippen LogP contribution in [-0.4, -0.2) is 35.5 Å². The lowest BCUT2D eigenvalue weighted by Crippen LogP contribution is -2.33. The Bertz CT molecular complexity index is 476. The maximum atomic E-state index is 11.7. The minimum absolute atomic E-state index is 0.122. The lowest BCUT2D eigenvalue weighted by atomic mass is 10.1. The predicted octanol–water partition coefficient (Wildman–Crippen LogP) is 2.55. The number of hydrogen-bond acceptors (Lipinski definition) is 3. The average Bonchev–Trinajstić information content (AvgIpc) is 3.33. The maximum absolute atomic E-state index is 11.7. The van der Waals surface area contributed by atoms with Crippen molar-refractivity contribution in [2.75, 3.05) is 25.0 Å². The van der Waals surface area contributed by atoms with E-state index in [0.717, 1.165) is 37.2 Å². The molecule has 21 heavy (non-hydrogen) atoms. The summed E-state index contributed by atoms with van der Waals surface area (Å²) in [5.74, 6) is 0.339. The molecule has 2 fully saturated rings. The van der Waals surface area contributed by atoms with Gasteiger partial charge in [0.15, 0.2) is 0 Å². The Morgan fingerprint density at radius 2 is 1.86 bits per heavy atom. The zero-order valence-electron chi connectivity index (χ0n) is 12.4. The number of benzene rings is 1. The molecule has 1 unspecified atom stereocenters. The molecular formula is C17H24N2O2. The molecule has 1 aliphatic heterocycles. The molecule has 1 saturated heterocycles. The Balaban J connectivity index is 1.53. The van der Waals surface area contributed by atoms with Gasteiger partial charge in [0.1, 0.15) is 0 Å². The molecule has 4 heteroatoms.